The fourth-order valence-corrected chi connectivity index (χ4v) is 3.86. The van der Waals surface area contributed by atoms with E-state index in [2.05, 4.69) is 15.5 Å². The van der Waals surface area contributed by atoms with Gasteiger partial charge in [-0.05, 0) is 43.2 Å². The third-order valence-corrected chi connectivity index (χ3v) is 5.65. The number of hydrogen-bond acceptors (Lipinski definition) is 6. The van der Waals surface area contributed by atoms with E-state index in [0.29, 0.717) is 38.7 Å². The van der Waals surface area contributed by atoms with Gasteiger partial charge in [0.05, 0.1) is 23.3 Å². The van der Waals surface area contributed by atoms with Gasteiger partial charge in [0.15, 0.2) is 16.5 Å². The minimum absolute atomic E-state index is 0.0516. The molecule has 0 saturated carbocycles. The third kappa shape index (κ3) is 6.19. The Labute approximate surface area is 194 Å². The standard InChI is InChI=1S/C22H21Cl2N3O3S/c1-13(2)30-19-16(23)9-15(11-18(19)29-3)10-17(24)21-26-27-22(31-21)20(28)25-12-14-7-5-4-6-8-14/h4-11,13H,12H2,1-3H3,(H,25,28). The average molecular weight is 478 g/mol. The van der Waals surface area contributed by atoms with Crippen molar-refractivity contribution in [1.29, 1.82) is 0 Å². The van der Waals surface area contributed by atoms with Gasteiger partial charge in [-0.25, -0.2) is 0 Å². The van der Waals surface area contributed by atoms with E-state index in [1.165, 1.54) is 0 Å². The molecule has 0 aliphatic rings. The Bertz CT molecular complexity index is 1080. The summed E-state index contributed by atoms with van der Waals surface area (Å²) >= 11 is 13.9. The van der Waals surface area contributed by atoms with Gasteiger partial charge >= 0.3 is 0 Å². The number of nitrogens with zero attached hydrogens (tertiary/aromatic N) is 2. The van der Waals surface area contributed by atoms with Crippen LogP contribution >= 0.6 is 34.5 Å². The van der Waals surface area contributed by atoms with Crippen molar-refractivity contribution in [2.45, 2.75) is 26.5 Å². The molecule has 1 heterocycles. The first-order valence-corrected chi connectivity index (χ1v) is 11.0. The summed E-state index contributed by atoms with van der Waals surface area (Å²) < 4.78 is 11.1. The summed E-state index contributed by atoms with van der Waals surface area (Å²) in [5, 5.41) is 12.2. The average Bonchev–Trinajstić information content (AvgIpc) is 3.25. The highest BCUT2D eigenvalue weighted by atomic mass is 35.5. The first-order chi connectivity index (χ1) is 14.9. The lowest BCUT2D eigenvalue weighted by molar-refractivity contribution is 0.0950. The quantitative estimate of drug-likeness (QED) is 0.453. The van der Waals surface area contributed by atoms with Crippen molar-refractivity contribution in [3.63, 3.8) is 0 Å². The number of carbonyl (C=O) groups excluding carboxylic acids is 1. The molecule has 3 rings (SSSR count). The van der Waals surface area contributed by atoms with Crippen LogP contribution in [0.5, 0.6) is 11.5 Å². The number of amides is 1. The lowest BCUT2D eigenvalue weighted by Crippen LogP contribution is -2.22. The van der Waals surface area contributed by atoms with Crippen LogP contribution in [0.2, 0.25) is 5.02 Å². The van der Waals surface area contributed by atoms with Crippen LogP contribution in [0.4, 0.5) is 0 Å². The molecule has 162 valence electrons. The SMILES string of the molecule is COc1cc(C=C(Cl)c2nnc(C(=O)NCc3ccccc3)s2)cc(Cl)c1OC(C)C. The molecule has 0 atom stereocenters. The predicted molar refractivity (Wildman–Crippen MR) is 125 cm³/mol. The summed E-state index contributed by atoms with van der Waals surface area (Å²) in [6, 6.07) is 13.1. The van der Waals surface area contributed by atoms with Crippen molar-refractivity contribution in [2.75, 3.05) is 7.11 Å². The van der Waals surface area contributed by atoms with E-state index < -0.39 is 0 Å². The van der Waals surface area contributed by atoms with Crippen LogP contribution in [0.25, 0.3) is 11.1 Å². The Morgan fingerprint density at radius 3 is 2.58 bits per heavy atom. The van der Waals surface area contributed by atoms with Gasteiger partial charge in [0.25, 0.3) is 5.91 Å². The topological polar surface area (TPSA) is 73.3 Å². The van der Waals surface area contributed by atoms with E-state index in [0.717, 1.165) is 16.9 Å². The maximum Gasteiger partial charge on any atom is 0.282 e. The van der Waals surface area contributed by atoms with Crippen molar-refractivity contribution < 1.29 is 14.3 Å². The van der Waals surface area contributed by atoms with Crippen LogP contribution in [0, 0.1) is 0 Å². The Morgan fingerprint density at radius 1 is 1.19 bits per heavy atom. The number of ether oxygens (including phenoxy) is 2. The second kappa shape index (κ2) is 10.6. The highest BCUT2D eigenvalue weighted by Gasteiger charge is 2.16. The van der Waals surface area contributed by atoms with Gasteiger partial charge in [-0.2, -0.15) is 0 Å². The molecule has 1 N–H and O–H groups in total. The molecule has 0 unspecified atom stereocenters. The summed E-state index contributed by atoms with van der Waals surface area (Å²) in [6.07, 6.45) is 1.63. The number of nitrogens with one attached hydrogen (secondary N) is 1. The number of halogens is 2. The molecule has 2 aromatic carbocycles. The predicted octanol–water partition coefficient (Wildman–Crippen LogP) is 5.65. The van der Waals surface area contributed by atoms with Crippen LogP contribution in [-0.4, -0.2) is 29.3 Å². The van der Waals surface area contributed by atoms with Crippen molar-refractivity contribution in [3.05, 3.63) is 68.6 Å². The molecule has 31 heavy (non-hydrogen) atoms. The van der Waals surface area contributed by atoms with Gasteiger partial charge in [-0.1, -0.05) is 64.9 Å². The lowest BCUT2D eigenvalue weighted by Gasteiger charge is -2.15. The Hall–Kier alpha value is -2.61. The number of rotatable bonds is 8. The molecule has 0 aliphatic heterocycles. The molecule has 0 spiro atoms. The monoisotopic (exact) mass is 477 g/mol. The van der Waals surface area contributed by atoms with Crippen LogP contribution in [0.1, 0.15) is 39.8 Å². The summed E-state index contributed by atoms with van der Waals surface area (Å²) in [6.45, 7) is 4.22. The molecule has 0 radical (unpaired) electrons. The zero-order valence-electron chi connectivity index (χ0n) is 17.2. The Balaban J connectivity index is 1.74. The molecule has 0 fully saturated rings. The molecule has 1 amide bonds. The molecule has 9 heteroatoms. The molecular formula is C22H21Cl2N3O3S. The van der Waals surface area contributed by atoms with E-state index in [4.69, 9.17) is 32.7 Å². The zero-order chi connectivity index (χ0) is 22.4. The second-order valence-electron chi connectivity index (χ2n) is 6.77. The third-order valence-electron chi connectivity index (χ3n) is 4.02. The fraction of sp³-hybridized carbons (Fsp3) is 0.227. The van der Waals surface area contributed by atoms with Crippen LogP contribution in [0.3, 0.4) is 0 Å². The molecule has 6 nitrogen and oxygen atoms in total. The van der Waals surface area contributed by atoms with Gasteiger partial charge in [0, 0.05) is 6.54 Å². The molecule has 1 aromatic heterocycles. The summed E-state index contributed by atoms with van der Waals surface area (Å²) in [5.41, 5.74) is 1.70. The van der Waals surface area contributed by atoms with Gasteiger partial charge in [-0.15, -0.1) is 10.2 Å². The normalized spacial score (nSPS) is 11.5. The van der Waals surface area contributed by atoms with Crippen molar-refractivity contribution in [3.8, 4) is 11.5 Å². The fourth-order valence-electron chi connectivity index (χ4n) is 2.65. The smallest absolute Gasteiger partial charge is 0.282 e. The summed E-state index contributed by atoms with van der Waals surface area (Å²) in [7, 11) is 1.54. The van der Waals surface area contributed by atoms with E-state index in [1.54, 1.807) is 25.3 Å². The maximum atomic E-state index is 12.4. The lowest BCUT2D eigenvalue weighted by atomic mass is 10.2. The minimum atomic E-state index is -0.308. The maximum absolute atomic E-state index is 12.4. The Kier molecular flexibility index (Phi) is 7.90. The molecule has 0 bridgehead atoms. The van der Waals surface area contributed by atoms with Gasteiger partial charge in [-0.3, -0.25) is 4.79 Å². The highest BCUT2D eigenvalue weighted by Crippen LogP contribution is 2.38. The summed E-state index contributed by atoms with van der Waals surface area (Å²) in [4.78, 5) is 12.4. The molecule has 0 aliphatic carbocycles. The second-order valence-corrected chi connectivity index (χ2v) is 8.57. The molecular weight excluding hydrogens is 457 g/mol. The Morgan fingerprint density at radius 2 is 1.90 bits per heavy atom. The number of benzene rings is 2. The van der Waals surface area contributed by atoms with Crippen LogP contribution in [0.15, 0.2) is 42.5 Å². The van der Waals surface area contributed by atoms with Gasteiger partial charge in [0.2, 0.25) is 5.01 Å². The number of hydrogen-bond donors (Lipinski definition) is 1. The van der Waals surface area contributed by atoms with Crippen molar-refractivity contribution in [1.82, 2.24) is 15.5 Å². The van der Waals surface area contributed by atoms with E-state index in [1.807, 2.05) is 44.2 Å². The highest BCUT2D eigenvalue weighted by molar-refractivity contribution is 7.15. The number of aromatic nitrogens is 2. The van der Waals surface area contributed by atoms with Gasteiger partial charge in [0.1, 0.15) is 0 Å². The van der Waals surface area contributed by atoms with Crippen molar-refractivity contribution in [2.24, 2.45) is 0 Å². The first kappa shape index (κ1) is 23.1. The first-order valence-electron chi connectivity index (χ1n) is 9.44. The molecule has 0 saturated heterocycles. The van der Waals surface area contributed by atoms with Crippen molar-refractivity contribution >= 4 is 51.6 Å². The van der Waals surface area contributed by atoms with E-state index in [-0.39, 0.29) is 17.0 Å². The summed E-state index contributed by atoms with van der Waals surface area (Å²) in [5.74, 6) is 0.660. The zero-order valence-corrected chi connectivity index (χ0v) is 19.5. The number of carbonyl (C=O) groups is 1. The van der Waals surface area contributed by atoms with Crippen LogP contribution < -0.4 is 14.8 Å². The van der Waals surface area contributed by atoms with Gasteiger partial charge < -0.3 is 14.8 Å². The van der Waals surface area contributed by atoms with Crippen LogP contribution in [-0.2, 0) is 6.54 Å². The largest absolute Gasteiger partial charge is 0.493 e. The molecule has 3 aromatic rings. The van der Waals surface area contributed by atoms with E-state index >= 15 is 0 Å². The van der Waals surface area contributed by atoms with E-state index in [9.17, 15) is 4.79 Å². The number of methoxy groups -OCH3 is 1. The minimum Gasteiger partial charge on any atom is -0.493 e.